The molecule has 0 fully saturated rings. The third-order valence-corrected chi connectivity index (χ3v) is 5.39. The lowest BCUT2D eigenvalue weighted by atomic mass is 10.1. The number of amides is 2. The van der Waals surface area contributed by atoms with Crippen LogP contribution in [0.1, 0.15) is 21.5 Å². The van der Waals surface area contributed by atoms with Crippen LogP contribution < -0.4 is 10.6 Å². The summed E-state index contributed by atoms with van der Waals surface area (Å²) < 4.78 is 1.94. The summed E-state index contributed by atoms with van der Waals surface area (Å²) in [5, 5.41) is 6.32. The summed E-state index contributed by atoms with van der Waals surface area (Å²) in [6.45, 7) is 3.86. The maximum absolute atomic E-state index is 12.2. The highest BCUT2D eigenvalue weighted by molar-refractivity contribution is 7.99. The molecule has 0 saturated heterocycles. The molecule has 0 aliphatic heterocycles. The Morgan fingerprint density at radius 1 is 1.07 bits per heavy atom. The zero-order valence-electron chi connectivity index (χ0n) is 16.0. The third kappa shape index (κ3) is 5.01. The van der Waals surface area contributed by atoms with Gasteiger partial charge in [-0.05, 0) is 61.4 Å². The number of imidazole rings is 1. The van der Waals surface area contributed by atoms with E-state index >= 15 is 0 Å². The van der Waals surface area contributed by atoms with Crippen LogP contribution in [0, 0.1) is 13.8 Å². The van der Waals surface area contributed by atoms with Crippen LogP contribution in [0.15, 0.2) is 64.9 Å². The lowest BCUT2D eigenvalue weighted by Crippen LogP contribution is -2.32. The Kier molecular flexibility index (Phi) is 6.16. The van der Waals surface area contributed by atoms with E-state index in [1.165, 1.54) is 0 Å². The molecule has 7 heteroatoms. The SMILES string of the molecule is Cc1ccc(C(=O)NCC(=O)Nc2ccc(Sc3nccn3C)cc2)cc1C. The normalized spacial score (nSPS) is 10.5. The Morgan fingerprint density at radius 2 is 1.82 bits per heavy atom. The highest BCUT2D eigenvalue weighted by Crippen LogP contribution is 2.26. The molecule has 0 aliphatic carbocycles. The number of carbonyl (C=O) groups excluding carboxylic acids is 2. The molecule has 3 rings (SSSR count). The number of aryl methyl sites for hydroxylation is 3. The van der Waals surface area contributed by atoms with E-state index in [0.717, 1.165) is 21.2 Å². The Labute approximate surface area is 168 Å². The van der Waals surface area contributed by atoms with Gasteiger partial charge in [0.15, 0.2) is 5.16 Å². The van der Waals surface area contributed by atoms with Gasteiger partial charge in [-0.3, -0.25) is 9.59 Å². The van der Waals surface area contributed by atoms with Gasteiger partial charge in [-0.25, -0.2) is 4.98 Å². The van der Waals surface area contributed by atoms with Gasteiger partial charge in [0.2, 0.25) is 5.91 Å². The number of hydrogen-bond donors (Lipinski definition) is 2. The van der Waals surface area contributed by atoms with E-state index in [1.54, 1.807) is 24.0 Å². The molecule has 1 aromatic heterocycles. The minimum Gasteiger partial charge on any atom is -0.343 e. The van der Waals surface area contributed by atoms with Crippen LogP contribution in [0.5, 0.6) is 0 Å². The first kappa shape index (κ1) is 19.7. The molecule has 2 N–H and O–H groups in total. The van der Waals surface area contributed by atoms with Gasteiger partial charge in [-0.2, -0.15) is 0 Å². The number of aromatic nitrogens is 2. The molecule has 0 spiro atoms. The van der Waals surface area contributed by atoms with Gasteiger partial charge in [0, 0.05) is 35.6 Å². The molecular weight excluding hydrogens is 372 g/mol. The van der Waals surface area contributed by atoms with Crippen LogP contribution in [-0.2, 0) is 11.8 Å². The lowest BCUT2D eigenvalue weighted by Gasteiger charge is -2.09. The summed E-state index contributed by atoms with van der Waals surface area (Å²) in [6, 6.07) is 13.0. The Balaban J connectivity index is 1.51. The summed E-state index contributed by atoms with van der Waals surface area (Å²) in [4.78, 5) is 29.6. The summed E-state index contributed by atoms with van der Waals surface area (Å²) in [6.07, 6.45) is 3.65. The van der Waals surface area contributed by atoms with E-state index in [9.17, 15) is 9.59 Å². The van der Waals surface area contributed by atoms with E-state index in [4.69, 9.17) is 0 Å². The number of hydrogen-bond acceptors (Lipinski definition) is 4. The maximum Gasteiger partial charge on any atom is 0.251 e. The molecule has 3 aromatic rings. The van der Waals surface area contributed by atoms with E-state index in [2.05, 4.69) is 15.6 Å². The molecule has 0 aliphatic rings. The molecule has 0 atom stereocenters. The van der Waals surface area contributed by atoms with Crippen LogP contribution >= 0.6 is 11.8 Å². The average Bonchev–Trinajstić information content (AvgIpc) is 3.08. The van der Waals surface area contributed by atoms with Crippen LogP contribution in [0.4, 0.5) is 5.69 Å². The monoisotopic (exact) mass is 394 g/mol. The van der Waals surface area contributed by atoms with Gasteiger partial charge < -0.3 is 15.2 Å². The van der Waals surface area contributed by atoms with Gasteiger partial charge in [0.05, 0.1) is 6.54 Å². The minimum atomic E-state index is -0.276. The molecule has 0 bridgehead atoms. The topological polar surface area (TPSA) is 76.0 Å². The molecule has 2 amide bonds. The first-order chi connectivity index (χ1) is 13.4. The van der Waals surface area contributed by atoms with Crippen molar-refractivity contribution in [3.05, 3.63) is 71.5 Å². The molecule has 0 radical (unpaired) electrons. The number of nitrogens with one attached hydrogen (secondary N) is 2. The standard InChI is InChI=1S/C21H22N4O2S/c1-14-4-5-16(12-15(14)2)20(27)23-13-19(26)24-17-6-8-18(9-7-17)28-21-22-10-11-25(21)3/h4-12H,13H2,1-3H3,(H,23,27)(H,24,26). The van der Waals surface area contributed by atoms with Crippen LogP contribution in [0.2, 0.25) is 0 Å². The average molecular weight is 395 g/mol. The second-order valence-electron chi connectivity index (χ2n) is 6.48. The largest absolute Gasteiger partial charge is 0.343 e. The van der Waals surface area contributed by atoms with E-state index < -0.39 is 0 Å². The van der Waals surface area contributed by atoms with Crippen molar-refractivity contribution < 1.29 is 9.59 Å². The summed E-state index contributed by atoms with van der Waals surface area (Å²) in [7, 11) is 1.94. The van der Waals surface area contributed by atoms with E-state index in [0.29, 0.717) is 11.3 Å². The zero-order chi connectivity index (χ0) is 20.1. The van der Waals surface area contributed by atoms with Crippen LogP contribution in [0.3, 0.4) is 0 Å². The molecule has 0 unspecified atom stereocenters. The molecule has 2 aromatic carbocycles. The molecule has 144 valence electrons. The predicted octanol–water partition coefficient (Wildman–Crippen LogP) is 3.56. The number of carbonyl (C=O) groups is 2. The highest BCUT2D eigenvalue weighted by atomic mass is 32.2. The lowest BCUT2D eigenvalue weighted by molar-refractivity contribution is -0.115. The van der Waals surface area contributed by atoms with Crippen LogP contribution in [0.25, 0.3) is 0 Å². The minimum absolute atomic E-state index is 0.0878. The van der Waals surface area contributed by atoms with Crippen molar-refractivity contribution in [2.24, 2.45) is 7.05 Å². The quantitative estimate of drug-likeness (QED) is 0.670. The number of nitrogens with zero attached hydrogens (tertiary/aromatic N) is 2. The third-order valence-electron chi connectivity index (χ3n) is 4.30. The van der Waals surface area contributed by atoms with Gasteiger partial charge in [-0.1, -0.05) is 17.8 Å². The van der Waals surface area contributed by atoms with Crippen molar-refractivity contribution in [1.82, 2.24) is 14.9 Å². The number of anilines is 1. The van der Waals surface area contributed by atoms with Crippen molar-refractivity contribution in [1.29, 1.82) is 0 Å². The maximum atomic E-state index is 12.2. The fraction of sp³-hybridized carbons (Fsp3) is 0.190. The van der Waals surface area contributed by atoms with Crippen molar-refractivity contribution in [2.75, 3.05) is 11.9 Å². The van der Waals surface area contributed by atoms with E-state index in [1.807, 2.05) is 68.1 Å². The van der Waals surface area contributed by atoms with Gasteiger partial charge in [0.1, 0.15) is 0 Å². The highest BCUT2D eigenvalue weighted by Gasteiger charge is 2.09. The predicted molar refractivity (Wildman–Crippen MR) is 111 cm³/mol. The van der Waals surface area contributed by atoms with Gasteiger partial charge in [0.25, 0.3) is 5.91 Å². The second kappa shape index (κ2) is 8.75. The van der Waals surface area contributed by atoms with Crippen LogP contribution in [-0.4, -0.2) is 27.9 Å². The Hall–Kier alpha value is -3.06. The fourth-order valence-corrected chi connectivity index (χ4v) is 3.31. The first-order valence-corrected chi connectivity index (χ1v) is 9.64. The fourth-order valence-electron chi connectivity index (χ4n) is 2.51. The molecule has 1 heterocycles. The Morgan fingerprint density at radius 3 is 2.46 bits per heavy atom. The molecule has 0 saturated carbocycles. The smallest absolute Gasteiger partial charge is 0.251 e. The molecular formula is C21H22N4O2S. The molecule has 28 heavy (non-hydrogen) atoms. The number of benzene rings is 2. The first-order valence-electron chi connectivity index (χ1n) is 8.83. The zero-order valence-corrected chi connectivity index (χ0v) is 16.8. The van der Waals surface area contributed by atoms with Crippen molar-refractivity contribution in [3.8, 4) is 0 Å². The van der Waals surface area contributed by atoms with Gasteiger partial charge >= 0.3 is 0 Å². The van der Waals surface area contributed by atoms with E-state index in [-0.39, 0.29) is 18.4 Å². The van der Waals surface area contributed by atoms with Crippen molar-refractivity contribution >= 4 is 29.3 Å². The number of rotatable bonds is 6. The summed E-state index contributed by atoms with van der Waals surface area (Å²) in [5.41, 5.74) is 3.39. The second-order valence-corrected chi connectivity index (χ2v) is 7.52. The Bertz CT molecular complexity index is 996. The van der Waals surface area contributed by atoms with Gasteiger partial charge in [-0.15, -0.1) is 0 Å². The van der Waals surface area contributed by atoms with Crippen molar-refractivity contribution in [2.45, 2.75) is 23.9 Å². The summed E-state index contributed by atoms with van der Waals surface area (Å²) in [5.74, 6) is -0.540. The molecule has 6 nitrogen and oxygen atoms in total. The van der Waals surface area contributed by atoms with Crippen molar-refractivity contribution in [3.63, 3.8) is 0 Å². The summed E-state index contributed by atoms with van der Waals surface area (Å²) >= 11 is 1.54.